The first-order valence-corrected chi connectivity index (χ1v) is 7.00. The number of rotatable bonds is 1. The topological polar surface area (TPSA) is 54.5 Å². The molecular formula is C17H13FN4. The van der Waals surface area contributed by atoms with E-state index in [0.29, 0.717) is 11.4 Å². The summed E-state index contributed by atoms with van der Waals surface area (Å²) >= 11 is 0. The smallest absolute Gasteiger partial charge is 0.124 e. The lowest BCUT2D eigenvalue weighted by atomic mass is 10.1. The maximum absolute atomic E-state index is 13.7. The lowest BCUT2D eigenvalue weighted by molar-refractivity contribution is 0.628. The summed E-state index contributed by atoms with van der Waals surface area (Å²) in [5.74, 6) is -0.280. The highest BCUT2D eigenvalue weighted by atomic mass is 19.1. The van der Waals surface area contributed by atoms with E-state index in [9.17, 15) is 4.39 Å². The molecule has 0 radical (unpaired) electrons. The Labute approximate surface area is 126 Å². The standard InChI is InChI=1S/C17H13FN4/c1-9-3-4-13-14(5-9)20-15(8-19-13)17-12-7-11(18)6-10(2)16(12)21-22-17/h3-8H,1-2H3,(H,21,22). The molecular weight excluding hydrogens is 279 g/mol. The summed E-state index contributed by atoms with van der Waals surface area (Å²) in [7, 11) is 0. The van der Waals surface area contributed by atoms with Gasteiger partial charge < -0.3 is 0 Å². The number of H-pyrrole nitrogens is 1. The number of aryl methyl sites for hydroxylation is 2. The first-order valence-electron chi connectivity index (χ1n) is 7.00. The van der Waals surface area contributed by atoms with Gasteiger partial charge in [-0.2, -0.15) is 5.10 Å². The van der Waals surface area contributed by atoms with Crippen LogP contribution in [-0.4, -0.2) is 20.2 Å². The summed E-state index contributed by atoms with van der Waals surface area (Å²) in [6.07, 6.45) is 1.67. The van der Waals surface area contributed by atoms with E-state index in [1.54, 1.807) is 6.20 Å². The number of benzene rings is 2. The summed E-state index contributed by atoms with van der Waals surface area (Å²) in [5, 5.41) is 7.98. The number of hydrogen-bond donors (Lipinski definition) is 1. The van der Waals surface area contributed by atoms with Gasteiger partial charge in [-0.3, -0.25) is 10.1 Å². The highest BCUT2D eigenvalue weighted by Crippen LogP contribution is 2.28. The van der Waals surface area contributed by atoms with E-state index in [4.69, 9.17) is 0 Å². The fraction of sp³-hybridized carbons (Fsp3) is 0.118. The van der Waals surface area contributed by atoms with Gasteiger partial charge >= 0.3 is 0 Å². The third kappa shape index (κ3) is 1.94. The molecule has 2 aromatic carbocycles. The number of halogens is 1. The molecule has 0 aliphatic rings. The van der Waals surface area contributed by atoms with Gasteiger partial charge in [-0.05, 0) is 49.2 Å². The minimum absolute atomic E-state index is 0.280. The van der Waals surface area contributed by atoms with Crippen molar-refractivity contribution in [3.63, 3.8) is 0 Å². The molecule has 2 aromatic heterocycles. The molecule has 0 aliphatic carbocycles. The zero-order chi connectivity index (χ0) is 15.3. The second-order valence-electron chi connectivity index (χ2n) is 5.46. The Morgan fingerprint density at radius 1 is 1.05 bits per heavy atom. The average molecular weight is 292 g/mol. The fourth-order valence-electron chi connectivity index (χ4n) is 2.68. The minimum atomic E-state index is -0.280. The summed E-state index contributed by atoms with van der Waals surface area (Å²) in [5.41, 5.74) is 5.65. The molecule has 1 N–H and O–H groups in total. The third-order valence-corrected chi connectivity index (χ3v) is 3.78. The normalized spacial score (nSPS) is 11.4. The van der Waals surface area contributed by atoms with E-state index >= 15 is 0 Å². The van der Waals surface area contributed by atoms with Crippen molar-refractivity contribution >= 4 is 21.9 Å². The van der Waals surface area contributed by atoms with Crippen molar-refractivity contribution in [1.29, 1.82) is 0 Å². The largest absolute Gasteiger partial charge is 0.277 e. The van der Waals surface area contributed by atoms with Gasteiger partial charge in [0.25, 0.3) is 0 Å². The van der Waals surface area contributed by atoms with Crippen LogP contribution in [0.25, 0.3) is 33.3 Å². The van der Waals surface area contributed by atoms with Crippen LogP contribution in [0.15, 0.2) is 36.5 Å². The van der Waals surface area contributed by atoms with E-state index in [1.807, 2.05) is 32.0 Å². The summed E-state index contributed by atoms with van der Waals surface area (Å²) in [4.78, 5) is 9.04. The van der Waals surface area contributed by atoms with Crippen LogP contribution in [0.2, 0.25) is 0 Å². The quantitative estimate of drug-likeness (QED) is 0.578. The Kier molecular flexibility index (Phi) is 2.69. The van der Waals surface area contributed by atoms with E-state index in [-0.39, 0.29) is 5.82 Å². The van der Waals surface area contributed by atoms with Crippen LogP contribution in [0.1, 0.15) is 11.1 Å². The van der Waals surface area contributed by atoms with Gasteiger partial charge in [-0.1, -0.05) is 6.07 Å². The number of nitrogens with one attached hydrogen (secondary N) is 1. The van der Waals surface area contributed by atoms with E-state index < -0.39 is 0 Å². The van der Waals surface area contributed by atoms with Gasteiger partial charge in [0, 0.05) is 5.39 Å². The highest BCUT2D eigenvalue weighted by Gasteiger charge is 2.13. The predicted octanol–water partition coefficient (Wildman–Crippen LogP) is 3.93. The molecule has 0 saturated heterocycles. The number of fused-ring (bicyclic) bond motifs is 2. The van der Waals surface area contributed by atoms with E-state index in [2.05, 4.69) is 20.2 Å². The maximum atomic E-state index is 13.7. The zero-order valence-electron chi connectivity index (χ0n) is 12.2. The average Bonchev–Trinajstić information content (AvgIpc) is 2.90. The molecule has 0 spiro atoms. The van der Waals surface area contributed by atoms with Crippen LogP contribution < -0.4 is 0 Å². The van der Waals surface area contributed by atoms with Gasteiger partial charge in [0.05, 0.1) is 22.7 Å². The predicted molar refractivity (Wildman–Crippen MR) is 84.1 cm³/mol. The van der Waals surface area contributed by atoms with Crippen molar-refractivity contribution < 1.29 is 4.39 Å². The molecule has 4 aromatic rings. The Hall–Kier alpha value is -2.82. The summed E-state index contributed by atoms with van der Waals surface area (Å²) < 4.78 is 13.7. The molecule has 0 unspecified atom stereocenters. The Balaban J connectivity index is 1.98. The second-order valence-corrected chi connectivity index (χ2v) is 5.46. The molecule has 0 atom stereocenters. The van der Waals surface area contributed by atoms with Gasteiger partial charge in [0.2, 0.25) is 0 Å². The van der Waals surface area contributed by atoms with Crippen LogP contribution in [0, 0.1) is 19.7 Å². The van der Waals surface area contributed by atoms with Gasteiger partial charge in [-0.15, -0.1) is 0 Å². The van der Waals surface area contributed by atoms with Crippen LogP contribution >= 0.6 is 0 Å². The molecule has 0 bridgehead atoms. The van der Waals surface area contributed by atoms with Crippen molar-refractivity contribution in [3.8, 4) is 11.4 Å². The first kappa shape index (κ1) is 12.9. The van der Waals surface area contributed by atoms with Crippen molar-refractivity contribution in [2.24, 2.45) is 0 Å². The second kappa shape index (κ2) is 4.59. The molecule has 0 amide bonds. The van der Waals surface area contributed by atoms with Crippen LogP contribution in [0.5, 0.6) is 0 Å². The molecule has 4 nitrogen and oxygen atoms in total. The lowest BCUT2D eigenvalue weighted by Crippen LogP contribution is -1.90. The van der Waals surface area contributed by atoms with Crippen molar-refractivity contribution in [3.05, 3.63) is 53.5 Å². The van der Waals surface area contributed by atoms with Crippen LogP contribution in [0.3, 0.4) is 0 Å². The van der Waals surface area contributed by atoms with Crippen molar-refractivity contribution in [1.82, 2.24) is 20.2 Å². The molecule has 0 aliphatic heterocycles. The number of aromatic nitrogens is 4. The summed E-state index contributed by atoms with van der Waals surface area (Å²) in [6.45, 7) is 3.86. The Morgan fingerprint density at radius 3 is 2.77 bits per heavy atom. The monoisotopic (exact) mass is 292 g/mol. The number of nitrogens with zero attached hydrogens (tertiary/aromatic N) is 3. The zero-order valence-corrected chi connectivity index (χ0v) is 12.2. The maximum Gasteiger partial charge on any atom is 0.124 e. The van der Waals surface area contributed by atoms with E-state index in [0.717, 1.165) is 33.1 Å². The SMILES string of the molecule is Cc1ccc2ncc(-c3n[nH]c4c(C)cc(F)cc34)nc2c1. The lowest BCUT2D eigenvalue weighted by Gasteiger charge is -2.02. The van der Waals surface area contributed by atoms with Gasteiger partial charge in [0.15, 0.2) is 0 Å². The molecule has 2 heterocycles. The fourth-order valence-corrected chi connectivity index (χ4v) is 2.68. The molecule has 5 heteroatoms. The molecule has 22 heavy (non-hydrogen) atoms. The highest BCUT2D eigenvalue weighted by molar-refractivity contribution is 5.94. The van der Waals surface area contributed by atoms with Crippen LogP contribution in [0.4, 0.5) is 4.39 Å². The van der Waals surface area contributed by atoms with Gasteiger partial charge in [-0.25, -0.2) is 9.37 Å². The summed E-state index contributed by atoms with van der Waals surface area (Å²) in [6, 6.07) is 8.88. The van der Waals surface area contributed by atoms with Crippen molar-refractivity contribution in [2.75, 3.05) is 0 Å². The number of hydrogen-bond acceptors (Lipinski definition) is 3. The molecule has 108 valence electrons. The number of aromatic amines is 1. The van der Waals surface area contributed by atoms with E-state index in [1.165, 1.54) is 12.1 Å². The molecule has 0 saturated carbocycles. The Morgan fingerprint density at radius 2 is 1.91 bits per heavy atom. The van der Waals surface area contributed by atoms with Gasteiger partial charge in [0.1, 0.15) is 17.2 Å². The molecule has 4 rings (SSSR count). The first-order chi connectivity index (χ1) is 10.6. The van der Waals surface area contributed by atoms with Crippen molar-refractivity contribution in [2.45, 2.75) is 13.8 Å². The third-order valence-electron chi connectivity index (χ3n) is 3.78. The van der Waals surface area contributed by atoms with Crippen LogP contribution in [-0.2, 0) is 0 Å². The Bertz CT molecular complexity index is 1020. The molecule has 0 fully saturated rings. The minimum Gasteiger partial charge on any atom is -0.277 e.